The van der Waals surface area contributed by atoms with Gasteiger partial charge in [-0.15, -0.1) is 11.3 Å². The molecular weight excluding hydrogens is 372 g/mol. The lowest BCUT2D eigenvalue weighted by atomic mass is 10.0. The first-order valence-electron chi connectivity index (χ1n) is 9.75. The fourth-order valence-corrected chi connectivity index (χ4v) is 4.26. The minimum Gasteiger partial charge on any atom is -0.350 e. The summed E-state index contributed by atoms with van der Waals surface area (Å²) in [5, 5.41) is 10.8. The molecule has 0 aliphatic carbocycles. The van der Waals surface area contributed by atoms with Gasteiger partial charge in [-0.05, 0) is 55.5 Å². The van der Waals surface area contributed by atoms with Crippen LogP contribution in [0, 0.1) is 6.92 Å². The van der Waals surface area contributed by atoms with Crippen molar-refractivity contribution in [2.45, 2.75) is 38.8 Å². The first kappa shape index (κ1) is 20.4. The Kier molecular flexibility index (Phi) is 7.45. The van der Waals surface area contributed by atoms with E-state index in [0.717, 1.165) is 31.5 Å². The first-order valence-corrected chi connectivity index (χ1v) is 10.6. The lowest BCUT2D eigenvalue weighted by Gasteiger charge is -2.35. The van der Waals surface area contributed by atoms with Gasteiger partial charge < -0.3 is 16.0 Å². The summed E-state index contributed by atoms with van der Waals surface area (Å²) in [4.78, 5) is 27.9. The van der Waals surface area contributed by atoms with Crippen LogP contribution < -0.4 is 16.0 Å². The van der Waals surface area contributed by atoms with Gasteiger partial charge in [-0.1, -0.05) is 24.6 Å². The number of likely N-dealkylation sites (tertiary alicyclic amines) is 1. The Morgan fingerprint density at radius 3 is 2.71 bits per heavy atom. The van der Waals surface area contributed by atoms with Crippen molar-refractivity contribution in [2.24, 2.45) is 0 Å². The van der Waals surface area contributed by atoms with Crippen LogP contribution in [0.2, 0.25) is 0 Å². The lowest BCUT2D eigenvalue weighted by molar-refractivity contribution is -0.123. The summed E-state index contributed by atoms with van der Waals surface area (Å²) in [7, 11) is 0. The quantitative estimate of drug-likeness (QED) is 0.667. The molecule has 6 nitrogen and oxygen atoms in total. The van der Waals surface area contributed by atoms with Gasteiger partial charge in [0.1, 0.15) is 0 Å². The van der Waals surface area contributed by atoms with E-state index in [0.29, 0.717) is 19.6 Å². The summed E-state index contributed by atoms with van der Waals surface area (Å²) in [5.41, 5.74) is 1.98. The maximum absolute atomic E-state index is 12.4. The molecule has 3 N–H and O–H groups in total. The Labute approximate surface area is 170 Å². The van der Waals surface area contributed by atoms with E-state index in [-0.39, 0.29) is 18.0 Å². The summed E-state index contributed by atoms with van der Waals surface area (Å²) in [6.45, 7) is 4.44. The smallest absolute Gasteiger partial charge is 0.319 e. The average molecular weight is 401 g/mol. The third kappa shape index (κ3) is 6.07. The number of benzene rings is 1. The molecule has 0 bridgehead atoms. The van der Waals surface area contributed by atoms with E-state index >= 15 is 0 Å². The molecule has 3 rings (SSSR count). The minimum atomic E-state index is -0.214. The number of rotatable bonds is 7. The predicted molar refractivity (Wildman–Crippen MR) is 114 cm³/mol. The van der Waals surface area contributed by atoms with Gasteiger partial charge in [0.25, 0.3) is 0 Å². The number of amides is 3. The molecule has 1 aromatic carbocycles. The molecule has 150 valence electrons. The van der Waals surface area contributed by atoms with Gasteiger partial charge in [-0.25, -0.2) is 4.79 Å². The Morgan fingerprint density at radius 1 is 1.14 bits per heavy atom. The number of carbonyl (C=O) groups is 2. The van der Waals surface area contributed by atoms with Crippen LogP contribution in [0.25, 0.3) is 0 Å². The highest BCUT2D eigenvalue weighted by Crippen LogP contribution is 2.17. The molecule has 0 spiro atoms. The number of aryl methyl sites for hydroxylation is 1. The number of urea groups is 1. The van der Waals surface area contributed by atoms with Crippen LogP contribution in [0.4, 0.5) is 10.5 Å². The summed E-state index contributed by atoms with van der Waals surface area (Å²) in [5.74, 6) is 0.0356. The van der Waals surface area contributed by atoms with Gasteiger partial charge in [-0.3, -0.25) is 9.69 Å². The largest absolute Gasteiger partial charge is 0.350 e. The number of nitrogens with one attached hydrogen (secondary N) is 3. The fraction of sp³-hybridized carbons (Fsp3) is 0.429. The molecule has 1 aliphatic heterocycles. The molecule has 2 heterocycles. The second kappa shape index (κ2) is 10.2. The van der Waals surface area contributed by atoms with E-state index in [1.807, 2.05) is 35.7 Å². The van der Waals surface area contributed by atoms with Crippen LogP contribution in [0.15, 0.2) is 41.8 Å². The zero-order chi connectivity index (χ0) is 19.8. The van der Waals surface area contributed by atoms with Gasteiger partial charge in [0.15, 0.2) is 0 Å². The Balaban J connectivity index is 1.44. The Bertz CT molecular complexity index is 778. The molecule has 1 aliphatic rings. The molecule has 0 radical (unpaired) electrons. The van der Waals surface area contributed by atoms with Gasteiger partial charge in [0.05, 0.1) is 13.1 Å². The summed E-state index contributed by atoms with van der Waals surface area (Å²) in [6.07, 6.45) is 3.20. The Morgan fingerprint density at radius 2 is 1.96 bits per heavy atom. The second-order valence-corrected chi connectivity index (χ2v) is 8.13. The third-order valence-corrected chi connectivity index (χ3v) is 6.06. The zero-order valence-corrected chi connectivity index (χ0v) is 17.1. The molecule has 1 unspecified atom stereocenters. The average Bonchev–Trinajstić information content (AvgIpc) is 3.11. The normalized spacial score (nSPS) is 17.1. The molecular formula is C21H28N4O2S. The number of piperidine rings is 1. The third-order valence-electron chi connectivity index (χ3n) is 5.04. The number of hydrogen-bond acceptors (Lipinski definition) is 4. The molecule has 3 amide bonds. The molecule has 1 aromatic heterocycles. The maximum Gasteiger partial charge on any atom is 0.319 e. The zero-order valence-electron chi connectivity index (χ0n) is 16.2. The van der Waals surface area contributed by atoms with Crippen molar-refractivity contribution in [3.63, 3.8) is 0 Å². The van der Waals surface area contributed by atoms with Gasteiger partial charge in [0.2, 0.25) is 5.91 Å². The van der Waals surface area contributed by atoms with E-state index in [1.54, 1.807) is 11.3 Å². The van der Waals surface area contributed by atoms with Gasteiger partial charge >= 0.3 is 6.03 Å². The number of carbonyl (C=O) groups excluding carboxylic acids is 2. The lowest BCUT2D eigenvalue weighted by Crippen LogP contribution is -2.50. The van der Waals surface area contributed by atoms with E-state index in [4.69, 9.17) is 0 Å². The maximum atomic E-state index is 12.4. The van der Waals surface area contributed by atoms with Crippen LogP contribution in [-0.2, 0) is 11.3 Å². The minimum absolute atomic E-state index is 0.0356. The van der Waals surface area contributed by atoms with E-state index in [9.17, 15) is 9.59 Å². The number of hydrogen-bond donors (Lipinski definition) is 3. The fourth-order valence-electron chi connectivity index (χ4n) is 3.41. The van der Waals surface area contributed by atoms with Crippen LogP contribution in [0.3, 0.4) is 0 Å². The monoisotopic (exact) mass is 400 g/mol. The van der Waals surface area contributed by atoms with E-state index in [2.05, 4.69) is 33.8 Å². The number of thiophene rings is 1. The molecule has 1 fully saturated rings. The van der Waals surface area contributed by atoms with Crippen molar-refractivity contribution in [1.29, 1.82) is 0 Å². The number of para-hydroxylation sites is 1. The van der Waals surface area contributed by atoms with Crippen LogP contribution in [0.1, 0.15) is 29.7 Å². The van der Waals surface area contributed by atoms with Crippen LogP contribution in [0.5, 0.6) is 0 Å². The molecule has 7 heteroatoms. The SMILES string of the molecule is Cc1ccsc1CNC(=O)CN1CCCCC1CNC(=O)Nc1ccccc1. The molecule has 1 saturated heterocycles. The molecule has 1 atom stereocenters. The van der Waals surface area contributed by atoms with Crippen molar-refractivity contribution in [2.75, 3.05) is 25.0 Å². The molecule has 0 saturated carbocycles. The Hall–Kier alpha value is -2.38. The first-order chi connectivity index (χ1) is 13.6. The molecule has 2 aromatic rings. The number of nitrogens with zero attached hydrogens (tertiary/aromatic N) is 1. The topological polar surface area (TPSA) is 73.5 Å². The summed E-state index contributed by atoms with van der Waals surface area (Å²) < 4.78 is 0. The van der Waals surface area contributed by atoms with Crippen molar-refractivity contribution in [3.05, 3.63) is 52.2 Å². The second-order valence-electron chi connectivity index (χ2n) is 7.12. The number of anilines is 1. The van der Waals surface area contributed by atoms with Crippen molar-refractivity contribution >= 4 is 29.0 Å². The summed E-state index contributed by atoms with van der Waals surface area (Å²) >= 11 is 1.67. The summed E-state index contributed by atoms with van der Waals surface area (Å²) in [6, 6.07) is 11.4. The van der Waals surface area contributed by atoms with Crippen molar-refractivity contribution in [3.8, 4) is 0 Å². The highest BCUT2D eigenvalue weighted by atomic mass is 32.1. The highest BCUT2D eigenvalue weighted by Gasteiger charge is 2.24. The van der Waals surface area contributed by atoms with E-state index in [1.165, 1.54) is 10.4 Å². The van der Waals surface area contributed by atoms with Gasteiger partial charge in [-0.2, -0.15) is 0 Å². The predicted octanol–water partition coefficient (Wildman–Crippen LogP) is 3.35. The standard InChI is InChI=1S/C21H28N4O2S/c1-16-10-12-28-19(16)14-22-20(26)15-25-11-6-5-9-18(25)13-23-21(27)24-17-7-3-2-4-8-17/h2-4,7-8,10,12,18H,5-6,9,11,13-15H2,1H3,(H,22,26)(H2,23,24,27). The highest BCUT2D eigenvalue weighted by molar-refractivity contribution is 7.10. The van der Waals surface area contributed by atoms with Gasteiger partial charge in [0, 0.05) is 23.2 Å². The van der Waals surface area contributed by atoms with Crippen molar-refractivity contribution in [1.82, 2.24) is 15.5 Å². The molecule has 28 heavy (non-hydrogen) atoms. The van der Waals surface area contributed by atoms with Crippen LogP contribution in [-0.4, -0.2) is 42.5 Å². The van der Waals surface area contributed by atoms with Crippen molar-refractivity contribution < 1.29 is 9.59 Å². The van der Waals surface area contributed by atoms with Crippen LogP contribution >= 0.6 is 11.3 Å². The van der Waals surface area contributed by atoms with E-state index < -0.39 is 0 Å².